The van der Waals surface area contributed by atoms with Crippen LogP contribution in [0.1, 0.15) is 52.0 Å². The average Bonchev–Trinajstić information content (AvgIpc) is 3.25. The molecule has 6 nitrogen and oxygen atoms in total. The zero-order valence-electron chi connectivity index (χ0n) is 15.6. The van der Waals surface area contributed by atoms with E-state index in [1.807, 2.05) is 39.0 Å². The van der Waals surface area contributed by atoms with Gasteiger partial charge in [0.1, 0.15) is 11.4 Å². The third kappa shape index (κ3) is 4.76. The van der Waals surface area contributed by atoms with Crippen molar-refractivity contribution < 1.29 is 22.1 Å². The van der Waals surface area contributed by atoms with Crippen LogP contribution in [0.4, 0.5) is 4.79 Å². The molecule has 1 aliphatic carbocycles. The van der Waals surface area contributed by atoms with Gasteiger partial charge in [-0.15, -0.1) is 0 Å². The minimum Gasteiger partial charge on any atom is -0.444 e. The molecule has 7 heteroatoms. The topological polar surface area (TPSA) is 72.9 Å². The van der Waals surface area contributed by atoms with Crippen molar-refractivity contribution in [2.45, 2.75) is 69.5 Å². The van der Waals surface area contributed by atoms with Crippen molar-refractivity contribution in [1.82, 2.24) is 4.90 Å². The van der Waals surface area contributed by atoms with Crippen molar-refractivity contribution in [2.24, 2.45) is 0 Å². The molecule has 144 valence electrons. The van der Waals surface area contributed by atoms with Crippen molar-refractivity contribution in [1.29, 1.82) is 0 Å². The van der Waals surface area contributed by atoms with E-state index in [1.165, 1.54) is 0 Å². The summed E-state index contributed by atoms with van der Waals surface area (Å²) < 4.78 is 35.7. The van der Waals surface area contributed by atoms with Gasteiger partial charge in [-0.3, -0.25) is 4.18 Å². The molecule has 1 unspecified atom stereocenters. The average molecular weight is 381 g/mol. The maximum Gasteiger partial charge on any atom is 0.410 e. The molecule has 1 amide bonds. The Bertz CT molecular complexity index is 750. The van der Waals surface area contributed by atoms with E-state index >= 15 is 0 Å². The van der Waals surface area contributed by atoms with Gasteiger partial charge in [-0.05, 0) is 52.0 Å². The zero-order chi connectivity index (χ0) is 19.0. The van der Waals surface area contributed by atoms with Crippen LogP contribution < -0.4 is 0 Å². The lowest BCUT2D eigenvalue weighted by atomic mass is 9.98. The lowest BCUT2D eigenvalue weighted by Gasteiger charge is -2.40. The Labute approximate surface area is 155 Å². The molecule has 1 saturated carbocycles. The van der Waals surface area contributed by atoms with Crippen LogP contribution in [-0.2, 0) is 24.8 Å². The molecule has 2 aliphatic rings. The molecule has 1 atom stereocenters. The minimum absolute atomic E-state index is 0.132. The van der Waals surface area contributed by atoms with Crippen LogP contribution >= 0.6 is 0 Å². The lowest BCUT2D eigenvalue weighted by molar-refractivity contribution is -0.00884. The van der Waals surface area contributed by atoms with E-state index < -0.39 is 15.7 Å². The quantitative estimate of drug-likeness (QED) is 0.747. The molecule has 2 fully saturated rings. The summed E-state index contributed by atoms with van der Waals surface area (Å²) in [5, 5.41) is 0. The van der Waals surface area contributed by atoms with E-state index in [4.69, 9.17) is 8.92 Å². The number of ether oxygens (including phenoxy) is 1. The van der Waals surface area contributed by atoms with Gasteiger partial charge in [0.15, 0.2) is 0 Å². The summed E-state index contributed by atoms with van der Waals surface area (Å²) >= 11 is 0. The van der Waals surface area contributed by atoms with E-state index in [0.717, 1.165) is 12.8 Å². The summed E-state index contributed by atoms with van der Waals surface area (Å²) in [6.07, 6.45) is 2.07. The number of amides is 1. The number of hydrogen-bond donors (Lipinski definition) is 0. The summed E-state index contributed by atoms with van der Waals surface area (Å²) in [6.45, 7) is 5.99. The highest BCUT2D eigenvalue weighted by Crippen LogP contribution is 2.49. The molecule has 0 N–H and O–H groups in total. The standard InChI is InChI=1S/C19H27NO5S/c1-18(2,3)24-17(21)20-12-9-16(13-19(20)10-11-19)25-26(22,23)14-15-7-5-4-6-8-15/h4-8,16H,9-14H2,1-3H3. The monoisotopic (exact) mass is 381 g/mol. The molecule has 1 aromatic rings. The van der Waals surface area contributed by atoms with E-state index in [0.29, 0.717) is 24.9 Å². The van der Waals surface area contributed by atoms with Gasteiger partial charge in [-0.1, -0.05) is 30.3 Å². The van der Waals surface area contributed by atoms with Gasteiger partial charge < -0.3 is 9.64 Å². The maximum absolute atomic E-state index is 12.4. The minimum atomic E-state index is -3.66. The second-order valence-corrected chi connectivity index (χ2v) is 9.85. The molecule has 1 spiro atoms. The molecule has 26 heavy (non-hydrogen) atoms. The third-order valence-electron chi connectivity index (χ3n) is 4.76. The summed E-state index contributed by atoms with van der Waals surface area (Å²) in [4.78, 5) is 14.2. The summed E-state index contributed by atoms with van der Waals surface area (Å²) in [6, 6.07) is 9.01. The second kappa shape index (κ2) is 6.85. The van der Waals surface area contributed by atoms with Gasteiger partial charge in [-0.2, -0.15) is 8.42 Å². The molecule has 0 radical (unpaired) electrons. The predicted octanol–water partition coefficient (Wildman–Crippen LogP) is 3.47. The fourth-order valence-electron chi connectivity index (χ4n) is 3.47. The molecular weight excluding hydrogens is 354 g/mol. The summed E-state index contributed by atoms with van der Waals surface area (Å²) in [5.74, 6) is -0.132. The number of carbonyl (C=O) groups excluding carboxylic acids is 1. The van der Waals surface area contributed by atoms with Gasteiger partial charge in [0.2, 0.25) is 0 Å². The highest BCUT2D eigenvalue weighted by Gasteiger charge is 2.55. The molecule has 1 aromatic carbocycles. The number of piperidine rings is 1. The second-order valence-electron chi connectivity index (χ2n) is 8.25. The number of carbonyl (C=O) groups is 1. The van der Waals surface area contributed by atoms with Crippen molar-refractivity contribution in [3.63, 3.8) is 0 Å². The summed E-state index contributed by atoms with van der Waals surface area (Å²) in [5.41, 5.74) is -0.132. The molecular formula is C19H27NO5S. The number of rotatable bonds is 4. The first kappa shape index (κ1) is 19.2. The van der Waals surface area contributed by atoms with Crippen LogP contribution in [-0.4, -0.2) is 43.2 Å². The van der Waals surface area contributed by atoms with Crippen molar-refractivity contribution >= 4 is 16.2 Å². The lowest BCUT2D eigenvalue weighted by Crippen LogP contribution is -2.51. The van der Waals surface area contributed by atoms with E-state index in [-0.39, 0.29) is 23.5 Å². The normalized spacial score (nSPS) is 22.3. The first-order chi connectivity index (χ1) is 12.1. The number of benzene rings is 1. The Morgan fingerprint density at radius 1 is 1.23 bits per heavy atom. The van der Waals surface area contributed by atoms with E-state index in [2.05, 4.69) is 0 Å². The van der Waals surface area contributed by atoms with Crippen molar-refractivity contribution in [3.8, 4) is 0 Å². The molecule has 3 rings (SSSR count). The molecule has 1 heterocycles. The van der Waals surface area contributed by atoms with Crippen LogP contribution in [0, 0.1) is 0 Å². The first-order valence-electron chi connectivity index (χ1n) is 9.04. The zero-order valence-corrected chi connectivity index (χ0v) is 16.4. The van der Waals surface area contributed by atoms with Gasteiger partial charge in [0.25, 0.3) is 10.1 Å². The van der Waals surface area contributed by atoms with Crippen LogP contribution in [0.2, 0.25) is 0 Å². The highest BCUT2D eigenvalue weighted by atomic mass is 32.2. The van der Waals surface area contributed by atoms with Crippen LogP contribution in [0.5, 0.6) is 0 Å². The van der Waals surface area contributed by atoms with Gasteiger partial charge >= 0.3 is 6.09 Å². The highest BCUT2D eigenvalue weighted by molar-refractivity contribution is 7.85. The number of likely N-dealkylation sites (tertiary alicyclic amines) is 1. The van der Waals surface area contributed by atoms with Gasteiger partial charge in [0.05, 0.1) is 6.10 Å². The Morgan fingerprint density at radius 2 is 1.88 bits per heavy atom. The molecule has 1 saturated heterocycles. The smallest absolute Gasteiger partial charge is 0.410 e. The fraction of sp³-hybridized carbons (Fsp3) is 0.632. The molecule has 1 aliphatic heterocycles. The largest absolute Gasteiger partial charge is 0.444 e. The van der Waals surface area contributed by atoms with Crippen LogP contribution in [0.25, 0.3) is 0 Å². The molecule has 0 aromatic heterocycles. The summed E-state index contributed by atoms with van der Waals surface area (Å²) in [7, 11) is -3.66. The van der Waals surface area contributed by atoms with E-state index in [9.17, 15) is 13.2 Å². The maximum atomic E-state index is 12.4. The SMILES string of the molecule is CC(C)(C)OC(=O)N1CCC(OS(=O)(=O)Cc2ccccc2)CC12CC2. The van der Waals surface area contributed by atoms with Crippen LogP contribution in [0.15, 0.2) is 30.3 Å². The third-order valence-corrected chi connectivity index (χ3v) is 6.02. The van der Waals surface area contributed by atoms with Gasteiger partial charge in [-0.25, -0.2) is 4.79 Å². The molecule has 0 bridgehead atoms. The van der Waals surface area contributed by atoms with Crippen molar-refractivity contribution in [2.75, 3.05) is 6.54 Å². The first-order valence-corrected chi connectivity index (χ1v) is 10.6. The Hall–Kier alpha value is -1.60. The fourth-order valence-corrected chi connectivity index (χ4v) is 4.72. The Morgan fingerprint density at radius 3 is 2.46 bits per heavy atom. The predicted molar refractivity (Wildman–Crippen MR) is 98.1 cm³/mol. The number of hydrogen-bond acceptors (Lipinski definition) is 5. The van der Waals surface area contributed by atoms with E-state index in [1.54, 1.807) is 17.0 Å². The number of nitrogens with zero attached hydrogens (tertiary/aromatic N) is 1. The Balaban J connectivity index is 1.61. The Kier molecular flexibility index (Phi) is 5.05. The van der Waals surface area contributed by atoms with Crippen molar-refractivity contribution in [3.05, 3.63) is 35.9 Å². The van der Waals surface area contributed by atoms with Gasteiger partial charge in [0, 0.05) is 12.1 Å². The van der Waals surface area contributed by atoms with Crippen LogP contribution in [0.3, 0.4) is 0 Å².